The van der Waals surface area contributed by atoms with Crippen molar-refractivity contribution in [1.82, 2.24) is 14.5 Å². The van der Waals surface area contributed by atoms with Crippen molar-refractivity contribution < 1.29 is 22.4 Å². The maximum atomic E-state index is 13.1. The van der Waals surface area contributed by atoms with Crippen molar-refractivity contribution in [2.75, 3.05) is 26.4 Å². The molecule has 1 aromatic rings. The molecule has 0 spiro atoms. The van der Waals surface area contributed by atoms with E-state index >= 15 is 0 Å². The number of benzene rings is 1. The quantitative estimate of drug-likeness (QED) is 0.600. The zero-order chi connectivity index (χ0) is 20.6. The molecule has 27 heavy (non-hydrogen) atoms. The van der Waals surface area contributed by atoms with Crippen molar-refractivity contribution in [2.24, 2.45) is 0 Å². The molecule has 152 valence electrons. The van der Waals surface area contributed by atoms with Crippen LogP contribution in [0.2, 0.25) is 0 Å². The molecule has 0 radical (unpaired) electrons. The summed E-state index contributed by atoms with van der Waals surface area (Å²) in [7, 11) is -2.24. The van der Waals surface area contributed by atoms with Gasteiger partial charge in [-0.1, -0.05) is 25.5 Å². The molecule has 0 saturated carbocycles. The minimum atomic E-state index is -3.54. The van der Waals surface area contributed by atoms with Crippen LogP contribution in [0.5, 0.6) is 0 Å². The fourth-order valence-corrected chi connectivity index (χ4v) is 2.65. The highest BCUT2D eigenvalue weighted by Gasteiger charge is 2.28. The van der Waals surface area contributed by atoms with Gasteiger partial charge >= 0.3 is 0 Å². The Morgan fingerprint density at radius 1 is 1.22 bits per heavy atom. The van der Waals surface area contributed by atoms with Crippen LogP contribution >= 0.6 is 0 Å². The number of hydrogen-bond donors (Lipinski definition) is 1. The number of halogens is 1. The van der Waals surface area contributed by atoms with Crippen LogP contribution in [0.4, 0.5) is 4.39 Å². The third kappa shape index (κ3) is 7.64. The van der Waals surface area contributed by atoms with Gasteiger partial charge in [0.2, 0.25) is 21.8 Å². The SMILES string of the molecule is CCCCNC(=O)[C@H](C)N(Cc1ccc(F)cc1)C(=O)CN(C)S(C)(=O)=O. The van der Waals surface area contributed by atoms with Crippen LogP contribution in [0, 0.1) is 5.82 Å². The zero-order valence-electron chi connectivity index (χ0n) is 16.2. The Morgan fingerprint density at radius 3 is 2.33 bits per heavy atom. The molecule has 0 aromatic heterocycles. The van der Waals surface area contributed by atoms with Gasteiger partial charge in [0.15, 0.2) is 0 Å². The topological polar surface area (TPSA) is 86.8 Å². The molecule has 1 rings (SSSR count). The van der Waals surface area contributed by atoms with E-state index in [1.807, 2.05) is 6.92 Å². The Morgan fingerprint density at radius 2 is 1.81 bits per heavy atom. The second kappa shape index (κ2) is 10.4. The standard InChI is InChI=1S/C18H28FN3O4S/c1-5-6-11-20-18(24)14(2)22(12-15-7-9-16(19)10-8-15)17(23)13-21(3)27(4,25)26/h7-10,14H,5-6,11-13H2,1-4H3,(H,20,24)/t14-/m0/s1. The Kier molecular flexibility index (Phi) is 8.84. The van der Waals surface area contributed by atoms with Gasteiger partial charge in [-0.05, 0) is 31.0 Å². The minimum absolute atomic E-state index is 0.0685. The van der Waals surface area contributed by atoms with Gasteiger partial charge in [0, 0.05) is 20.1 Å². The second-order valence-corrected chi connectivity index (χ2v) is 8.58. The first-order valence-corrected chi connectivity index (χ1v) is 10.6. The van der Waals surface area contributed by atoms with Gasteiger partial charge in [-0.2, -0.15) is 4.31 Å². The first-order chi connectivity index (χ1) is 12.6. The number of carbonyl (C=O) groups excluding carboxylic acids is 2. The van der Waals surface area contributed by atoms with Crippen LogP contribution in [-0.2, 0) is 26.2 Å². The summed E-state index contributed by atoms with van der Waals surface area (Å²) in [5, 5.41) is 2.77. The average molecular weight is 402 g/mol. The number of hydrogen-bond acceptors (Lipinski definition) is 4. The Hall–Kier alpha value is -2.00. The van der Waals surface area contributed by atoms with Crippen LogP contribution in [0.15, 0.2) is 24.3 Å². The summed E-state index contributed by atoms with van der Waals surface area (Å²) in [4.78, 5) is 26.4. The second-order valence-electron chi connectivity index (χ2n) is 6.49. The lowest BCUT2D eigenvalue weighted by molar-refractivity contribution is -0.140. The molecule has 9 heteroatoms. The molecule has 1 atom stereocenters. The lowest BCUT2D eigenvalue weighted by Crippen LogP contribution is -2.50. The maximum absolute atomic E-state index is 13.1. The Balaban J connectivity index is 2.98. The summed E-state index contributed by atoms with van der Waals surface area (Å²) >= 11 is 0. The van der Waals surface area contributed by atoms with Gasteiger partial charge in [-0.25, -0.2) is 12.8 Å². The van der Waals surface area contributed by atoms with E-state index < -0.39 is 27.8 Å². The average Bonchev–Trinajstić information content (AvgIpc) is 2.59. The van der Waals surface area contributed by atoms with Crippen LogP contribution in [0.1, 0.15) is 32.3 Å². The number of nitrogens with zero attached hydrogens (tertiary/aromatic N) is 2. The first-order valence-electron chi connectivity index (χ1n) is 8.79. The van der Waals surface area contributed by atoms with E-state index in [0.717, 1.165) is 23.4 Å². The summed E-state index contributed by atoms with van der Waals surface area (Å²) in [6.45, 7) is 3.78. The van der Waals surface area contributed by atoms with Crippen LogP contribution < -0.4 is 5.32 Å². The van der Waals surface area contributed by atoms with Crippen molar-refractivity contribution in [3.8, 4) is 0 Å². The fraction of sp³-hybridized carbons (Fsp3) is 0.556. The van der Waals surface area contributed by atoms with Crippen LogP contribution in [-0.4, -0.2) is 61.9 Å². The fourth-order valence-electron chi connectivity index (χ4n) is 2.30. The van der Waals surface area contributed by atoms with Crippen molar-refractivity contribution >= 4 is 21.8 Å². The molecule has 1 aromatic carbocycles. The molecule has 7 nitrogen and oxygen atoms in total. The predicted octanol–water partition coefficient (Wildman–Crippen LogP) is 1.35. The molecule has 0 saturated heterocycles. The molecular weight excluding hydrogens is 373 g/mol. The molecule has 0 aliphatic heterocycles. The van der Waals surface area contributed by atoms with Crippen molar-refractivity contribution in [2.45, 2.75) is 39.3 Å². The van der Waals surface area contributed by atoms with Gasteiger partial charge in [-0.3, -0.25) is 9.59 Å². The number of rotatable bonds is 10. The van der Waals surface area contributed by atoms with E-state index in [0.29, 0.717) is 12.1 Å². The molecule has 1 N–H and O–H groups in total. The number of nitrogens with one attached hydrogen (secondary N) is 1. The predicted molar refractivity (Wildman–Crippen MR) is 102 cm³/mol. The van der Waals surface area contributed by atoms with E-state index in [1.54, 1.807) is 6.92 Å². The van der Waals surface area contributed by atoms with Gasteiger partial charge in [0.25, 0.3) is 0 Å². The Labute approximate surface area is 160 Å². The van der Waals surface area contributed by atoms with Crippen molar-refractivity contribution in [1.29, 1.82) is 0 Å². The molecule has 0 aliphatic carbocycles. The van der Waals surface area contributed by atoms with Crippen molar-refractivity contribution in [3.63, 3.8) is 0 Å². The summed E-state index contributed by atoms with van der Waals surface area (Å²) in [6, 6.07) is 4.79. The van der Waals surface area contributed by atoms with Gasteiger partial charge in [-0.15, -0.1) is 0 Å². The lowest BCUT2D eigenvalue weighted by atomic mass is 10.1. The third-order valence-electron chi connectivity index (χ3n) is 4.19. The summed E-state index contributed by atoms with van der Waals surface area (Å²) < 4.78 is 37.2. The summed E-state index contributed by atoms with van der Waals surface area (Å²) in [5.41, 5.74) is 0.639. The largest absolute Gasteiger partial charge is 0.354 e. The monoisotopic (exact) mass is 401 g/mol. The van der Waals surface area contributed by atoms with Crippen molar-refractivity contribution in [3.05, 3.63) is 35.6 Å². The molecule has 0 aliphatic rings. The molecule has 0 heterocycles. The van der Waals surface area contributed by atoms with E-state index in [-0.39, 0.29) is 19.0 Å². The van der Waals surface area contributed by atoms with E-state index in [2.05, 4.69) is 5.32 Å². The number of amides is 2. The number of sulfonamides is 1. The number of unbranched alkanes of at least 4 members (excludes halogenated alkanes) is 1. The molecule has 0 bridgehead atoms. The normalized spacial score (nSPS) is 12.7. The highest BCUT2D eigenvalue weighted by molar-refractivity contribution is 7.88. The highest BCUT2D eigenvalue weighted by atomic mass is 32.2. The molecular formula is C18H28FN3O4S. The first kappa shape index (κ1) is 23.0. The maximum Gasteiger partial charge on any atom is 0.242 e. The number of likely N-dealkylation sites (N-methyl/N-ethyl adjacent to an activating group) is 1. The van der Waals surface area contributed by atoms with E-state index in [4.69, 9.17) is 0 Å². The van der Waals surface area contributed by atoms with Gasteiger partial charge in [0.1, 0.15) is 11.9 Å². The smallest absolute Gasteiger partial charge is 0.242 e. The summed E-state index contributed by atoms with van der Waals surface area (Å²) in [5.74, 6) is -1.23. The van der Waals surface area contributed by atoms with E-state index in [9.17, 15) is 22.4 Å². The zero-order valence-corrected chi connectivity index (χ0v) is 17.1. The molecule has 0 unspecified atom stereocenters. The molecule has 0 fully saturated rings. The summed E-state index contributed by atoms with van der Waals surface area (Å²) in [6.07, 6.45) is 2.75. The van der Waals surface area contributed by atoms with E-state index in [1.165, 1.54) is 36.2 Å². The lowest BCUT2D eigenvalue weighted by Gasteiger charge is -2.30. The Bertz CT molecular complexity index is 737. The number of carbonyl (C=O) groups is 2. The van der Waals surface area contributed by atoms with Gasteiger partial charge in [0.05, 0.1) is 12.8 Å². The third-order valence-corrected chi connectivity index (χ3v) is 5.45. The van der Waals surface area contributed by atoms with Gasteiger partial charge < -0.3 is 10.2 Å². The highest BCUT2D eigenvalue weighted by Crippen LogP contribution is 2.12. The van der Waals surface area contributed by atoms with Crippen LogP contribution in [0.25, 0.3) is 0 Å². The van der Waals surface area contributed by atoms with Crippen LogP contribution in [0.3, 0.4) is 0 Å². The molecule has 2 amide bonds. The minimum Gasteiger partial charge on any atom is -0.354 e.